The molecular formula is C14H18ClN3O2. The van der Waals surface area contributed by atoms with Gasteiger partial charge in [-0.3, -0.25) is 9.69 Å². The van der Waals surface area contributed by atoms with E-state index in [9.17, 15) is 4.79 Å². The Balaban J connectivity index is 2.06. The molecule has 1 fully saturated rings. The van der Waals surface area contributed by atoms with Crippen LogP contribution in [0.4, 0.5) is 5.69 Å². The van der Waals surface area contributed by atoms with Gasteiger partial charge in [-0.25, -0.2) is 0 Å². The monoisotopic (exact) mass is 295 g/mol. The van der Waals surface area contributed by atoms with Crippen molar-refractivity contribution in [1.82, 2.24) is 4.90 Å². The van der Waals surface area contributed by atoms with Crippen molar-refractivity contribution in [3.05, 3.63) is 22.8 Å². The highest BCUT2D eigenvalue weighted by molar-refractivity contribution is 6.21. The van der Waals surface area contributed by atoms with E-state index in [4.69, 9.17) is 27.8 Å². The number of halogens is 1. The van der Waals surface area contributed by atoms with Crippen molar-refractivity contribution in [2.75, 3.05) is 25.4 Å². The van der Waals surface area contributed by atoms with Gasteiger partial charge in [0.2, 0.25) is 0 Å². The van der Waals surface area contributed by atoms with Crippen LogP contribution in [-0.4, -0.2) is 30.5 Å². The first-order chi connectivity index (χ1) is 9.59. The summed E-state index contributed by atoms with van der Waals surface area (Å²) < 4.78 is 5.49. The van der Waals surface area contributed by atoms with Gasteiger partial charge < -0.3 is 16.2 Å². The number of carbonyl (C=O) groups excluding carboxylic acids is 1. The number of fused-ring (bicyclic) bond motifs is 1. The van der Waals surface area contributed by atoms with Gasteiger partial charge in [-0.05, 0) is 32.0 Å². The molecule has 1 amide bonds. The molecule has 3 rings (SSSR count). The average Bonchev–Trinajstić information content (AvgIpc) is 3.09. The summed E-state index contributed by atoms with van der Waals surface area (Å²) in [6.45, 7) is 2.43. The van der Waals surface area contributed by atoms with Crippen LogP contribution in [0, 0.1) is 0 Å². The summed E-state index contributed by atoms with van der Waals surface area (Å²) in [6.07, 6.45) is 2.97. The van der Waals surface area contributed by atoms with Crippen LogP contribution in [0.1, 0.15) is 39.8 Å². The molecule has 1 unspecified atom stereocenters. The van der Waals surface area contributed by atoms with E-state index < -0.39 is 5.91 Å². The van der Waals surface area contributed by atoms with E-state index in [-0.39, 0.29) is 5.50 Å². The van der Waals surface area contributed by atoms with E-state index in [0.717, 1.165) is 37.1 Å². The molecule has 0 saturated carbocycles. The number of hydrogen-bond acceptors (Lipinski definition) is 4. The molecule has 1 aromatic rings. The van der Waals surface area contributed by atoms with Crippen molar-refractivity contribution in [2.45, 2.75) is 24.8 Å². The van der Waals surface area contributed by atoms with Crippen LogP contribution >= 0.6 is 11.6 Å². The molecule has 0 aliphatic carbocycles. The second kappa shape index (κ2) is 5.14. The van der Waals surface area contributed by atoms with E-state index >= 15 is 0 Å². The van der Waals surface area contributed by atoms with Gasteiger partial charge in [-0.2, -0.15) is 0 Å². The van der Waals surface area contributed by atoms with Crippen molar-refractivity contribution < 1.29 is 9.53 Å². The van der Waals surface area contributed by atoms with Crippen molar-refractivity contribution in [1.29, 1.82) is 0 Å². The lowest BCUT2D eigenvalue weighted by Gasteiger charge is -2.24. The molecule has 0 bridgehead atoms. The number of ether oxygens (including phenoxy) is 1. The second-order valence-electron chi connectivity index (χ2n) is 5.28. The molecule has 108 valence electrons. The van der Waals surface area contributed by atoms with E-state index in [1.807, 2.05) is 0 Å². The highest BCUT2D eigenvalue weighted by Gasteiger charge is 2.29. The normalized spacial score (nSPS) is 19.6. The first-order valence-corrected chi connectivity index (χ1v) is 7.29. The molecular weight excluding hydrogens is 278 g/mol. The lowest BCUT2D eigenvalue weighted by atomic mass is 9.99. The topological polar surface area (TPSA) is 81.6 Å². The zero-order chi connectivity index (χ0) is 14.3. The fourth-order valence-corrected chi connectivity index (χ4v) is 3.35. The molecule has 20 heavy (non-hydrogen) atoms. The van der Waals surface area contributed by atoms with Gasteiger partial charge >= 0.3 is 0 Å². The molecule has 1 atom stereocenters. The Bertz CT molecular complexity index is 556. The van der Waals surface area contributed by atoms with Crippen molar-refractivity contribution >= 4 is 23.2 Å². The lowest BCUT2D eigenvalue weighted by molar-refractivity contribution is 0.0997. The maximum absolute atomic E-state index is 11.6. The average molecular weight is 296 g/mol. The Kier molecular flexibility index (Phi) is 3.48. The van der Waals surface area contributed by atoms with Gasteiger partial charge in [-0.15, -0.1) is 11.6 Å². The SMILES string of the molecule is NC(=O)c1cc(C(Cl)N2CCCC2)c(N)c2c1OCC2. The van der Waals surface area contributed by atoms with Crippen LogP contribution < -0.4 is 16.2 Å². The first-order valence-electron chi connectivity index (χ1n) is 6.85. The molecule has 1 aromatic carbocycles. The number of nitrogens with zero attached hydrogens (tertiary/aromatic N) is 1. The number of primary amides is 1. The second-order valence-corrected chi connectivity index (χ2v) is 5.69. The van der Waals surface area contributed by atoms with Crippen molar-refractivity contribution in [3.63, 3.8) is 0 Å². The molecule has 5 nitrogen and oxygen atoms in total. The molecule has 2 aliphatic heterocycles. The largest absolute Gasteiger partial charge is 0.492 e. The highest BCUT2D eigenvalue weighted by atomic mass is 35.5. The number of carbonyl (C=O) groups is 1. The fourth-order valence-electron chi connectivity index (χ4n) is 2.97. The number of likely N-dealkylation sites (tertiary alicyclic amines) is 1. The molecule has 1 saturated heterocycles. The number of hydrogen-bond donors (Lipinski definition) is 2. The number of nitrogens with two attached hydrogens (primary N) is 2. The van der Waals surface area contributed by atoms with Gasteiger partial charge in [-0.1, -0.05) is 0 Å². The minimum atomic E-state index is -0.505. The minimum absolute atomic E-state index is 0.318. The third-order valence-corrected chi connectivity index (χ3v) is 4.55. The smallest absolute Gasteiger partial charge is 0.252 e. The van der Waals surface area contributed by atoms with E-state index in [1.165, 1.54) is 0 Å². The molecule has 4 N–H and O–H groups in total. The van der Waals surface area contributed by atoms with Crippen LogP contribution in [-0.2, 0) is 6.42 Å². The maximum atomic E-state index is 11.6. The van der Waals surface area contributed by atoms with Crippen molar-refractivity contribution in [2.24, 2.45) is 5.73 Å². The summed E-state index contributed by atoms with van der Waals surface area (Å²) >= 11 is 6.55. The van der Waals surface area contributed by atoms with Crippen LogP contribution in [0.3, 0.4) is 0 Å². The summed E-state index contributed by atoms with van der Waals surface area (Å²) in [7, 11) is 0. The Labute approximate surface area is 122 Å². The summed E-state index contributed by atoms with van der Waals surface area (Å²) in [5.41, 5.74) is 14.0. The Morgan fingerprint density at radius 2 is 2.10 bits per heavy atom. The zero-order valence-electron chi connectivity index (χ0n) is 11.2. The number of rotatable bonds is 3. The van der Waals surface area contributed by atoms with Gasteiger partial charge in [0.1, 0.15) is 11.3 Å². The summed E-state index contributed by atoms with van der Waals surface area (Å²) in [6, 6.07) is 1.69. The third kappa shape index (κ3) is 2.11. The molecule has 2 aliphatic rings. The lowest BCUT2D eigenvalue weighted by Crippen LogP contribution is -2.23. The number of nitrogen functional groups attached to an aromatic ring is 1. The van der Waals surface area contributed by atoms with Crippen LogP contribution in [0.15, 0.2) is 6.07 Å². The third-order valence-electron chi connectivity index (χ3n) is 4.04. The summed E-state index contributed by atoms with van der Waals surface area (Å²) in [5, 5.41) is 0. The van der Waals surface area contributed by atoms with Gasteiger partial charge in [0.25, 0.3) is 5.91 Å². The van der Waals surface area contributed by atoms with Gasteiger partial charge in [0.05, 0.1) is 12.2 Å². The first kappa shape index (κ1) is 13.5. The minimum Gasteiger partial charge on any atom is -0.492 e. The van der Waals surface area contributed by atoms with E-state index in [2.05, 4.69) is 4.90 Å². The number of benzene rings is 1. The highest BCUT2D eigenvalue weighted by Crippen LogP contribution is 2.41. The molecule has 0 radical (unpaired) electrons. The predicted molar refractivity (Wildman–Crippen MR) is 78.0 cm³/mol. The summed E-state index contributed by atoms with van der Waals surface area (Å²) in [5.74, 6) is 0.0266. The number of amides is 1. The maximum Gasteiger partial charge on any atom is 0.252 e. The van der Waals surface area contributed by atoms with Crippen LogP contribution in [0.25, 0.3) is 0 Å². The molecule has 2 heterocycles. The standard InChI is InChI=1S/C14H18ClN3O2/c15-13(18-4-1-2-5-18)9-7-10(14(17)19)12-8(11(9)16)3-6-20-12/h7,13H,1-6,16H2,(H2,17,19). The number of alkyl halides is 1. The molecule has 0 spiro atoms. The predicted octanol–water partition coefficient (Wildman–Crippen LogP) is 1.64. The number of anilines is 1. The molecule has 0 aromatic heterocycles. The van der Waals surface area contributed by atoms with Crippen LogP contribution in [0.5, 0.6) is 5.75 Å². The van der Waals surface area contributed by atoms with Crippen molar-refractivity contribution in [3.8, 4) is 5.75 Å². The van der Waals surface area contributed by atoms with Gasteiger partial charge in [0.15, 0.2) is 0 Å². The Morgan fingerprint density at radius 1 is 1.40 bits per heavy atom. The van der Waals surface area contributed by atoms with Crippen LogP contribution in [0.2, 0.25) is 0 Å². The summed E-state index contributed by atoms with van der Waals surface area (Å²) in [4.78, 5) is 13.8. The van der Waals surface area contributed by atoms with E-state index in [1.54, 1.807) is 6.07 Å². The Hall–Kier alpha value is -1.46. The Morgan fingerprint density at radius 3 is 2.75 bits per heavy atom. The molecule has 6 heteroatoms. The quantitative estimate of drug-likeness (QED) is 0.504. The van der Waals surface area contributed by atoms with E-state index in [0.29, 0.717) is 30.0 Å². The fraction of sp³-hybridized carbons (Fsp3) is 0.500. The zero-order valence-corrected chi connectivity index (χ0v) is 11.9. The van der Waals surface area contributed by atoms with Gasteiger partial charge in [0, 0.05) is 23.2 Å².